The molecule has 4 heteroatoms. The molecule has 2 heterocycles. The normalized spacial score (nSPS) is 23.4. The number of rotatable bonds is 1. The van der Waals surface area contributed by atoms with Gasteiger partial charge in [-0.15, -0.1) is 0 Å². The molecule has 3 nitrogen and oxygen atoms in total. The summed E-state index contributed by atoms with van der Waals surface area (Å²) < 4.78 is 5.93. The van der Waals surface area contributed by atoms with Crippen LogP contribution in [0.4, 0.5) is 5.69 Å². The van der Waals surface area contributed by atoms with E-state index in [4.69, 9.17) is 16.3 Å². The van der Waals surface area contributed by atoms with Crippen LogP contribution in [0, 0.1) is 0 Å². The second-order valence-corrected chi connectivity index (χ2v) is 5.22. The van der Waals surface area contributed by atoms with Gasteiger partial charge in [-0.2, -0.15) is 0 Å². The van der Waals surface area contributed by atoms with Crippen molar-refractivity contribution in [3.05, 3.63) is 22.7 Å². The SMILES string of the molecule is CC1Cc2cc(Cl)cc(N3CCNCC3)c2O1. The summed E-state index contributed by atoms with van der Waals surface area (Å²) in [6.07, 6.45) is 1.24. The van der Waals surface area contributed by atoms with Crippen molar-refractivity contribution in [2.45, 2.75) is 19.4 Å². The number of ether oxygens (including phenoxy) is 1. The first-order valence-electron chi connectivity index (χ1n) is 6.19. The largest absolute Gasteiger partial charge is 0.488 e. The number of fused-ring (bicyclic) bond motifs is 1. The Morgan fingerprint density at radius 3 is 2.88 bits per heavy atom. The Hall–Kier alpha value is -0.930. The molecule has 0 amide bonds. The predicted molar refractivity (Wildman–Crippen MR) is 70.3 cm³/mol. The molecular formula is C13H17ClN2O. The van der Waals surface area contributed by atoms with Gasteiger partial charge in [-0.3, -0.25) is 0 Å². The Balaban J connectivity index is 1.98. The molecule has 1 aromatic rings. The van der Waals surface area contributed by atoms with E-state index in [0.29, 0.717) is 0 Å². The third kappa shape index (κ3) is 2.09. The number of nitrogens with zero attached hydrogens (tertiary/aromatic N) is 1. The van der Waals surface area contributed by atoms with Gasteiger partial charge < -0.3 is 15.0 Å². The standard InChI is InChI=1S/C13H17ClN2O/c1-9-6-10-7-11(14)8-12(13(10)17-9)16-4-2-15-3-5-16/h7-9,15H,2-6H2,1H3. The molecule has 2 aliphatic rings. The van der Waals surface area contributed by atoms with Gasteiger partial charge in [-0.25, -0.2) is 0 Å². The summed E-state index contributed by atoms with van der Waals surface area (Å²) in [7, 11) is 0. The summed E-state index contributed by atoms with van der Waals surface area (Å²) in [5.41, 5.74) is 2.41. The van der Waals surface area contributed by atoms with Crippen molar-refractivity contribution in [2.24, 2.45) is 0 Å². The molecule has 0 saturated carbocycles. The minimum atomic E-state index is 0.269. The molecule has 92 valence electrons. The number of benzene rings is 1. The molecule has 2 aliphatic heterocycles. The first kappa shape index (κ1) is 11.2. The predicted octanol–water partition coefficient (Wildman–Crippen LogP) is 2.07. The summed E-state index contributed by atoms with van der Waals surface area (Å²) in [4.78, 5) is 2.36. The summed E-state index contributed by atoms with van der Waals surface area (Å²) in [5.74, 6) is 1.05. The van der Waals surface area contributed by atoms with Gasteiger partial charge in [0.25, 0.3) is 0 Å². The highest BCUT2D eigenvalue weighted by Gasteiger charge is 2.26. The third-order valence-electron chi connectivity index (χ3n) is 3.40. The van der Waals surface area contributed by atoms with Crippen LogP contribution >= 0.6 is 11.6 Å². The van der Waals surface area contributed by atoms with Gasteiger partial charge >= 0.3 is 0 Å². The van der Waals surface area contributed by atoms with Crippen LogP contribution in [0.2, 0.25) is 5.02 Å². The van der Waals surface area contributed by atoms with Crippen molar-refractivity contribution >= 4 is 17.3 Å². The monoisotopic (exact) mass is 252 g/mol. The van der Waals surface area contributed by atoms with Crippen molar-refractivity contribution in [3.63, 3.8) is 0 Å². The lowest BCUT2D eigenvalue weighted by atomic mass is 10.1. The van der Waals surface area contributed by atoms with E-state index in [9.17, 15) is 0 Å². The first-order chi connectivity index (χ1) is 8.24. The van der Waals surface area contributed by atoms with Crippen molar-refractivity contribution in [1.82, 2.24) is 5.32 Å². The zero-order valence-electron chi connectivity index (χ0n) is 10.0. The minimum Gasteiger partial charge on any atom is -0.488 e. The molecule has 1 fully saturated rings. The number of hydrogen-bond donors (Lipinski definition) is 1. The van der Waals surface area contributed by atoms with Gasteiger partial charge in [-0.05, 0) is 19.1 Å². The van der Waals surface area contributed by atoms with Crippen LogP contribution in [0.1, 0.15) is 12.5 Å². The van der Waals surface area contributed by atoms with E-state index in [2.05, 4.69) is 17.1 Å². The lowest BCUT2D eigenvalue weighted by Crippen LogP contribution is -2.43. The maximum Gasteiger partial charge on any atom is 0.146 e. The van der Waals surface area contributed by atoms with E-state index >= 15 is 0 Å². The Morgan fingerprint density at radius 1 is 1.35 bits per heavy atom. The minimum absolute atomic E-state index is 0.269. The Labute approximate surface area is 107 Å². The fraction of sp³-hybridized carbons (Fsp3) is 0.538. The van der Waals surface area contributed by atoms with E-state index in [1.54, 1.807) is 0 Å². The van der Waals surface area contributed by atoms with Gasteiger partial charge in [-0.1, -0.05) is 11.6 Å². The quantitative estimate of drug-likeness (QED) is 0.828. The van der Waals surface area contributed by atoms with Crippen LogP contribution in [0.15, 0.2) is 12.1 Å². The Bertz CT molecular complexity index is 430. The molecule has 0 bridgehead atoms. The van der Waals surface area contributed by atoms with Crippen molar-refractivity contribution in [3.8, 4) is 5.75 Å². The summed E-state index contributed by atoms with van der Waals surface area (Å²) in [6, 6.07) is 4.07. The molecule has 1 N–H and O–H groups in total. The van der Waals surface area contributed by atoms with Crippen molar-refractivity contribution in [1.29, 1.82) is 0 Å². The molecule has 1 saturated heterocycles. The third-order valence-corrected chi connectivity index (χ3v) is 3.61. The van der Waals surface area contributed by atoms with Crippen molar-refractivity contribution < 1.29 is 4.74 Å². The fourth-order valence-corrected chi connectivity index (χ4v) is 2.85. The molecule has 0 radical (unpaired) electrons. The molecule has 0 aromatic heterocycles. The van der Waals surface area contributed by atoms with Gasteiger partial charge in [0.15, 0.2) is 0 Å². The zero-order chi connectivity index (χ0) is 11.8. The summed E-state index contributed by atoms with van der Waals surface area (Å²) >= 11 is 6.20. The number of nitrogens with one attached hydrogen (secondary N) is 1. The lowest BCUT2D eigenvalue weighted by molar-refractivity contribution is 0.255. The van der Waals surface area contributed by atoms with E-state index in [1.165, 1.54) is 11.3 Å². The average molecular weight is 253 g/mol. The van der Waals surface area contributed by atoms with E-state index in [1.807, 2.05) is 12.1 Å². The highest BCUT2D eigenvalue weighted by molar-refractivity contribution is 6.31. The van der Waals surface area contributed by atoms with Gasteiger partial charge in [0.1, 0.15) is 11.9 Å². The number of halogens is 1. The van der Waals surface area contributed by atoms with Gasteiger partial charge in [0.2, 0.25) is 0 Å². The maximum atomic E-state index is 6.20. The fourth-order valence-electron chi connectivity index (χ4n) is 2.62. The maximum absolute atomic E-state index is 6.20. The number of hydrogen-bond acceptors (Lipinski definition) is 3. The van der Waals surface area contributed by atoms with Crippen LogP contribution in [0.3, 0.4) is 0 Å². The van der Waals surface area contributed by atoms with Crippen LogP contribution < -0.4 is 15.0 Å². The van der Waals surface area contributed by atoms with E-state index in [-0.39, 0.29) is 6.10 Å². The number of anilines is 1. The molecule has 3 rings (SSSR count). The molecule has 1 unspecified atom stereocenters. The zero-order valence-corrected chi connectivity index (χ0v) is 10.8. The summed E-state index contributed by atoms with van der Waals surface area (Å²) in [6.45, 7) is 6.19. The Morgan fingerprint density at radius 2 is 2.12 bits per heavy atom. The highest BCUT2D eigenvalue weighted by atomic mass is 35.5. The molecule has 0 spiro atoms. The molecule has 1 atom stereocenters. The van der Waals surface area contributed by atoms with E-state index in [0.717, 1.165) is 43.4 Å². The second-order valence-electron chi connectivity index (χ2n) is 4.78. The molecule has 17 heavy (non-hydrogen) atoms. The first-order valence-corrected chi connectivity index (χ1v) is 6.56. The van der Waals surface area contributed by atoms with Crippen LogP contribution in [0.5, 0.6) is 5.75 Å². The molecule has 1 aromatic carbocycles. The second kappa shape index (κ2) is 4.39. The van der Waals surface area contributed by atoms with Gasteiger partial charge in [0.05, 0.1) is 5.69 Å². The van der Waals surface area contributed by atoms with E-state index < -0.39 is 0 Å². The Kier molecular flexibility index (Phi) is 2.89. The van der Waals surface area contributed by atoms with Crippen LogP contribution in [-0.4, -0.2) is 32.3 Å². The molecule has 0 aliphatic carbocycles. The smallest absolute Gasteiger partial charge is 0.146 e. The van der Waals surface area contributed by atoms with Crippen molar-refractivity contribution in [2.75, 3.05) is 31.1 Å². The van der Waals surface area contributed by atoms with Crippen LogP contribution in [-0.2, 0) is 6.42 Å². The average Bonchev–Trinajstić information content (AvgIpc) is 2.69. The highest BCUT2D eigenvalue weighted by Crippen LogP contribution is 2.40. The van der Waals surface area contributed by atoms with Gasteiger partial charge in [0, 0.05) is 43.2 Å². The van der Waals surface area contributed by atoms with Crippen LogP contribution in [0.25, 0.3) is 0 Å². The topological polar surface area (TPSA) is 24.5 Å². The lowest BCUT2D eigenvalue weighted by Gasteiger charge is -2.30. The molecular weight excluding hydrogens is 236 g/mol. The number of piperazine rings is 1. The summed E-state index contributed by atoms with van der Waals surface area (Å²) in [5, 5.41) is 4.17.